The number of hydrogen-bond donors (Lipinski definition) is 1. The Kier molecular flexibility index (Phi) is 5.05. The largest absolute Gasteiger partial charge is 0.463 e. The summed E-state index contributed by atoms with van der Waals surface area (Å²) in [4.78, 5) is 24.3. The minimum atomic E-state index is -0.941. The van der Waals surface area contributed by atoms with Crippen LogP contribution < -0.4 is 5.73 Å². The normalized spacial score (nSPS) is 27.5. The third kappa shape index (κ3) is 3.52. The van der Waals surface area contributed by atoms with Crippen LogP contribution in [0.4, 0.5) is 5.82 Å². The molecule has 0 saturated carbocycles. The van der Waals surface area contributed by atoms with E-state index in [9.17, 15) is 4.79 Å². The number of anilines is 1. The Bertz CT molecular complexity index is 1090. The summed E-state index contributed by atoms with van der Waals surface area (Å²) < 4.78 is 25.9. The van der Waals surface area contributed by atoms with Crippen molar-refractivity contribution in [3.8, 4) is 0 Å². The minimum absolute atomic E-state index is 0.0263. The van der Waals surface area contributed by atoms with Gasteiger partial charge in [0.05, 0.1) is 32.1 Å². The van der Waals surface area contributed by atoms with Crippen molar-refractivity contribution in [2.45, 2.75) is 31.5 Å². The summed E-state index contributed by atoms with van der Waals surface area (Å²) in [5, 5.41) is 0. The highest BCUT2D eigenvalue weighted by molar-refractivity contribution is 5.81. The average molecular weight is 425 g/mol. The van der Waals surface area contributed by atoms with Crippen LogP contribution in [0.25, 0.3) is 11.2 Å². The van der Waals surface area contributed by atoms with Crippen molar-refractivity contribution < 1.29 is 23.7 Å². The first-order valence-electron chi connectivity index (χ1n) is 10.0. The lowest BCUT2D eigenvalue weighted by molar-refractivity contribution is -0.193. The number of carbonyl (C=O) groups is 1. The van der Waals surface area contributed by atoms with Gasteiger partial charge >= 0.3 is 5.97 Å². The molecular weight excluding hydrogens is 402 g/mol. The number of rotatable bonds is 6. The van der Waals surface area contributed by atoms with E-state index in [1.54, 1.807) is 6.33 Å². The molecule has 2 fully saturated rings. The van der Waals surface area contributed by atoms with Crippen molar-refractivity contribution >= 4 is 23.0 Å². The number of benzene rings is 1. The van der Waals surface area contributed by atoms with Crippen LogP contribution in [0.15, 0.2) is 43.0 Å². The van der Waals surface area contributed by atoms with E-state index in [1.165, 1.54) is 13.3 Å². The fourth-order valence-corrected chi connectivity index (χ4v) is 4.32. The second kappa shape index (κ2) is 7.88. The van der Waals surface area contributed by atoms with E-state index < -0.39 is 11.8 Å². The van der Waals surface area contributed by atoms with Gasteiger partial charge < -0.3 is 24.7 Å². The molecule has 5 rings (SSSR count). The molecule has 2 bridgehead atoms. The number of nitrogen functional groups attached to an aromatic ring is 1. The van der Waals surface area contributed by atoms with Crippen LogP contribution >= 0.6 is 0 Å². The fraction of sp³-hybridized carbons (Fsp3) is 0.429. The Labute approximate surface area is 178 Å². The molecule has 0 spiro atoms. The monoisotopic (exact) mass is 425 g/mol. The van der Waals surface area contributed by atoms with Crippen molar-refractivity contribution in [3.63, 3.8) is 0 Å². The highest BCUT2D eigenvalue weighted by Crippen LogP contribution is 2.47. The zero-order valence-electron chi connectivity index (χ0n) is 17.0. The molecule has 4 heterocycles. The Morgan fingerprint density at radius 1 is 1.29 bits per heavy atom. The van der Waals surface area contributed by atoms with Gasteiger partial charge in [0, 0.05) is 6.92 Å². The number of hydrogen-bond acceptors (Lipinski definition) is 9. The van der Waals surface area contributed by atoms with Crippen LogP contribution in [-0.4, -0.2) is 57.0 Å². The lowest BCUT2D eigenvalue weighted by Crippen LogP contribution is -2.54. The van der Waals surface area contributed by atoms with Crippen LogP contribution in [0.1, 0.15) is 18.7 Å². The van der Waals surface area contributed by atoms with Gasteiger partial charge in [0.2, 0.25) is 0 Å². The number of nitrogens with zero attached hydrogens (tertiary/aromatic N) is 4. The first-order valence-corrected chi connectivity index (χ1v) is 10.0. The highest BCUT2D eigenvalue weighted by atomic mass is 16.6. The summed E-state index contributed by atoms with van der Waals surface area (Å²) in [6.07, 6.45) is 2.20. The first-order chi connectivity index (χ1) is 15.1. The van der Waals surface area contributed by atoms with E-state index in [0.29, 0.717) is 30.2 Å². The lowest BCUT2D eigenvalue weighted by atomic mass is 9.88. The molecule has 2 aromatic heterocycles. The predicted octanol–water partition coefficient (Wildman–Crippen LogP) is 1.47. The van der Waals surface area contributed by atoms with E-state index in [0.717, 1.165) is 5.56 Å². The molecule has 4 atom stereocenters. The molecule has 10 nitrogen and oxygen atoms in total. The van der Waals surface area contributed by atoms with Gasteiger partial charge in [-0.05, 0) is 5.56 Å². The molecule has 10 heteroatoms. The molecule has 2 N–H and O–H groups in total. The molecule has 0 amide bonds. The van der Waals surface area contributed by atoms with Gasteiger partial charge in [-0.1, -0.05) is 30.3 Å². The van der Waals surface area contributed by atoms with E-state index in [-0.39, 0.29) is 31.2 Å². The minimum Gasteiger partial charge on any atom is -0.463 e. The standard InChI is InChI=1S/C21H23N5O5/c1-13(27)30-10-21-9-28-8-15(17(21)29-7-14-5-3-2-4-6-14)20(31-21)26-12-25-16-18(22)23-11-24-19(16)26/h2-6,11-12,15,17,20H,7-10H2,1H3,(H2,22,23,24)/t15-,17+,20-,21-/m1/s1. The maximum absolute atomic E-state index is 11.6. The number of fused-ring (bicyclic) bond motifs is 3. The molecular formula is C21H23N5O5. The smallest absolute Gasteiger partial charge is 0.302 e. The fourth-order valence-electron chi connectivity index (χ4n) is 4.32. The van der Waals surface area contributed by atoms with Crippen molar-refractivity contribution in [1.82, 2.24) is 19.5 Å². The third-order valence-corrected chi connectivity index (χ3v) is 5.74. The molecule has 3 aromatic rings. The van der Waals surface area contributed by atoms with Gasteiger partial charge in [-0.2, -0.15) is 0 Å². The molecule has 2 aliphatic rings. The molecule has 162 valence electrons. The van der Waals surface area contributed by atoms with Crippen molar-refractivity contribution in [2.24, 2.45) is 5.92 Å². The van der Waals surface area contributed by atoms with Crippen molar-refractivity contribution in [3.05, 3.63) is 48.5 Å². The third-order valence-electron chi connectivity index (χ3n) is 5.74. The predicted molar refractivity (Wildman–Crippen MR) is 109 cm³/mol. The quantitative estimate of drug-likeness (QED) is 0.585. The number of carbonyl (C=O) groups excluding carboxylic acids is 1. The SMILES string of the molecule is CC(=O)OC[C@@]12COC[C@@H]([C@H](n3cnc4c(N)ncnc43)O1)[C@@H]2OCc1ccccc1. The maximum Gasteiger partial charge on any atom is 0.302 e. The Balaban J connectivity index is 1.49. The van der Waals surface area contributed by atoms with Crippen molar-refractivity contribution in [2.75, 3.05) is 25.6 Å². The van der Waals surface area contributed by atoms with Gasteiger partial charge in [0.1, 0.15) is 30.8 Å². The highest BCUT2D eigenvalue weighted by Gasteiger charge is 2.60. The summed E-state index contributed by atoms with van der Waals surface area (Å²) in [6.45, 7) is 2.47. The van der Waals surface area contributed by atoms with Gasteiger partial charge in [0.15, 0.2) is 17.1 Å². The van der Waals surface area contributed by atoms with E-state index in [2.05, 4.69) is 15.0 Å². The van der Waals surface area contributed by atoms with Crippen LogP contribution in [0.2, 0.25) is 0 Å². The van der Waals surface area contributed by atoms with Crippen LogP contribution in [0, 0.1) is 5.92 Å². The topological polar surface area (TPSA) is 124 Å². The van der Waals surface area contributed by atoms with Crippen LogP contribution in [-0.2, 0) is 30.3 Å². The molecule has 31 heavy (non-hydrogen) atoms. The van der Waals surface area contributed by atoms with E-state index >= 15 is 0 Å². The average Bonchev–Trinajstić information content (AvgIpc) is 3.27. The number of nitrogens with two attached hydrogens (primary N) is 1. The first kappa shape index (κ1) is 19.9. The molecule has 2 aliphatic heterocycles. The van der Waals surface area contributed by atoms with Gasteiger partial charge in [0.25, 0.3) is 0 Å². The van der Waals surface area contributed by atoms with Gasteiger partial charge in [-0.3, -0.25) is 9.36 Å². The Hall–Kier alpha value is -3.08. The number of imidazole rings is 1. The Morgan fingerprint density at radius 2 is 2.13 bits per heavy atom. The number of aromatic nitrogens is 4. The summed E-state index contributed by atoms with van der Waals surface area (Å²) >= 11 is 0. The zero-order chi connectivity index (χ0) is 21.4. The zero-order valence-corrected chi connectivity index (χ0v) is 17.0. The number of esters is 1. The summed E-state index contributed by atoms with van der Waals surface area (Å²) in [7, 11) is 0. The molecule has 0 unspecified atom stereocenters. The number of ether oxygens (including phenoxy) is 4. The second-order valence-corrected chi connectivity index (χ2v) is 7.83. The summed E-state index contributed by atoms with van der Waals surface area (Å²) in [5.74, 6) is -0.256. The Morgan fingerprint density at radius 3 is 2.94 bits per heavy atom. The summed E-state index contributed by atoms with van der Waals surface area (Å²) in [5.41, 5.74) is 7.12. The molecule has 1 aromatic carbocycles. The van der Waals surface area contributed by atoms with E-state index in [1.807, 2.05) is 34.9 Å². The van der Waals surface area contributed by atoms with Crippen LogP contribution in [0.3, 0.4) is 0 Å². The lowest BCUT2D eigenvalue weighted by Gasteiger charge is -2.37. The molecule has 2 saturated heterocycles. The van der Waals surface area contributed by atoms with E-state index in [4.69, 9.17) is 24.7 Å². The molecule has 0 radical (unpaired) electrons. The van der Waals surface area contributed by atoms with Gasteiger partial charge in [-0.15, -0.1) is 0 Å². The maximum atomic E-state index is 11.6. The second-order valence-electron chi connectivity index (χ2n) is 7.83. The van der Waals surface area contributed by atoms with Gasteiger partial charge in [-0.25, -0.2) is 15.0 Å². The van der Waals surface area contributed by atoms with Crippen molar-refractivity contribution in [1.29, 1.82) is 0 Å². The summed E-state index contributed by atoms with van der Waals surface area (Å²) in [6, 6.07) is 9.89. The van der Waals surface area contributed by atoms with Crippen LogP contribution in [0.5, 0.6) is 0 Å². The molecule has 0 aliphatic carbocycles.